The molecule has 0 saturated carbocycles. The summed E-state index contributed by atoms with van der Waals surface area (Å²) in [7, 11) is 0. The second-order valence-corrected chi connectivity index (χ2v) is 5.70. The molecule has 1 nitrogen and oxygen atoms in total. The van der Waals surface area contributed by atoms with Crippen LogP contribution in [0.25, 0.3) is 0 Å². The number of aliphatic hydroxyl groups is 1. The second kappa shape index (κ2) is 6.71. The monoisotopic (exact) mass is 268 g/mol. The average molecular weight is 268 g/mol. The van der Waals surface area contributed by atoms with E-state index in [4.69, 9.17) is 0 Å². The van der Waals surface area contributed by atoms with Crippen molar-refractivity contribution < 1.29 is 5.11 Å². The number of unbranched alkanes of at least 4 members (excludes halogenated alkanes) is 1. The smallest absolute Gasteiger partial charge is 0.0883 e. The Balaban J connectivity index is 2.36. The zero-order valence-corrected chi connectivity index (χ0v) is 12.4. The molecule has 0 aliphatic heterocycles. The maximum Gasteiger partial charge on any atom is 0.0883 e. The Labute approximate surface area is 122 Å². The van der Waals surface area contributed by atoms with Gasteiger partial charge in [-0.2, -0.15) is 0 Å². The van der Waals surface area contributed by atoms with Crippen LogP contribution in [0.2, 0.25) is 0 Å². The van der Waals surface area contributed by atoms with Crippen LogP contribution >= 0.6 is 0 Å². The first-order valence-corrected chi connectivity index (χ1v) is 7.47. The summed E-state index contributed by atoms with van der Waals surface area (Å²) in [6.45, 7) is 4.37. The molecule has 1 unspecified atom stereocenters. The molecule has 1 heteroatoms. The summed E-state index contributed by atoms with van der Waals surface area (Å²) < 4.78 is 0. The van der Waals surface area contributed by atoms with Crippen molar-refractivity contribution in [3.8, 4) is 0 Å². The Hall–Kier alpha value is -1.60. The zero-order valence-electron chi connectivity index (χ0n) is 12.4. The predicted octanol–water partition coefficient (Wildman–Crippen LogP) is 4.87. The van der Waals surface area contributed by atoms with Gasteiger partial charge < -0.3 is 5.11 Å². The Morgan fingerprint density at radius 3 is 2.05 bits per heavy atom. The van der Waals surface area contributed by atoms with Gasteiger partial charge in [-0.15, -0.1) is 0 Å². The number of hydrogen-bond donors (Lipinski definition) is 1. The van der Waals surface area contributed by atoms with Crippen molar-refractivity contribution in [1.82, 2.24) is 0 Å². The van der Waals surface area contributed by atoms with Gasteiger partial charge in [0.25, 0.3) is 0 Å². The molecule has 0 aromatic heterocycles. The minimum absolute atomic E-state index is 0.237. The quantitative estimate of drug-likeness (QED) is 0.792. The lowest BCUT2D eigenvalue weighted by molar-refractivity contribution is 0.0823. The largest absolute Gasteiger partial charge is 0.387 e. The number of aliphatic hydroxyl groups excluding tert-OH is 1. The van der Waals surface area contributed by atoms with Crippen molar-refractivity contribution in [3.05, 3.63) is 71.8 Å². The van der Waals surface area contributed by atoms with E-state index in [0.29, 0.717) is 0 Å². The van der Waals surface area contributed by atoms with E-state index in [0.717, 1.165) is 24.8 Å². The Bertz CT molecular complexity index is 506. The average Bonchev–Trinajstić information content (AvgIpc) is 2.53. The van der Waals surface area contributed by atoms with E-state index < -0.39 is 6.10 Å². The van der Waals surface area contributed by atoms with Gasteiger partial charge in [-0.1, -0.05) is 87.4 Å². The van der Waals surface area contributed by atoms with Crippen LogP contribution in [0.1, 0.15) is 50.3 Å². The van der Waals surface area contributed by atoms with Crippen molar-refractivity contribution in [2.24, 2.45) is 0 Å². The van der Waals surface area contributed by atoms with Gasteiger partial charge in [0.1, 0.15) is 0 Å². The van der Waals surface area contributed by atoms with Gasteiger partial charge in [0.2, 0.25) is 0 Å². The van der Waals surface area contributed by atoms with Crippen molar-refractivity contribution in [2.75, 3.05) is 0 Å². The molecule has 20 heavy (non-hydrogen) atoms. The molecular formula is C19H24O. The summed E-state index contributed by atoms with van der Waals surface area (Å²) in [4.78, 5) is 0. The molecule has 2 rings (SSSR count). The van der Waals surface area contributed by atoms with Gasteiger partial charge in [-0.25, -0.2) is 0 Å². The van der Waals surface area contributed by atoms with Crippen LogP contribution in [-0.2, 0) is 5.41 Å². The van der Waals surface area contributed by atoms with E-state index in [9.17, 15) is 5.11 Å². The van der Waals surface area contributed by atoms with Crippen LogP contribution in [0.5, 0.6) is 0 Å². The van der Waals surface area contributed by atoms with Crippen molar-refractivity contribution in [2.45, 2.75) is 44.6 Å². The summed E-state index contributed by atoms with van der Waals surface area (Å²) in [5.41, 5.74) is 1.97. The lowest BCUT2D eigenvalue weighted by atomic mass is 9.71. The van der Waals surface area contributed by atoms with Crippen LogP contribution in [0.4, 0.5) is 0 Å². The third-order valence-corrected chi connectivity index (χ3v) is 4.20. The van der Waals surface area contributed by atoms with Crippen LogP contribution in [-0.4, -0.2) is 5.11 Å². The first kappa shape index (κ1) is 14.8. The van der Waals surface area contributed by atoms with E-state index in [-0.39, 0.29) is 5.41 Å². The number of hydrogen-bond acceptors (Lipinski definition) is 1. The predicted molar refractivity (Wildman–Crippen MR) is 84.7 cm³/mol. The number of benzene rings is 2. The first-order chi connectivity index (χ1) is 9.68. The molecule has 2 atom stereocenters. The normalized spacial score (nSPS) is 15.6. The lowest BCUT2D eigenvalue weighted by Crippen LogP contribution is -2.30. The maximum atomic E-state index is 10.9. The fourth-order valence-corrected chi connectivity index (χ4v) is 2.81. The van der Waals surface area contributed by atoms with Crippen LogP contribution in [0, 0.1) is 0 Å². The van der Waals surface area contributed by atoms with E-state index in [1.807, 2.05) is 36.4 Å². The molecule has 0 fully saturated rings. The molecule has 0 bridgehead atoms. The van der Waals surface area contributed by atoms with E-state index in [1.165, 1.54) is 5.56 Å². The highest BCUT2D eigenvalue weighted by atomic mass is 16.3. The molecule has 2 aromatic carbocycles. The topological polar surface area (TPSA) is 20.2 Å². The number of rotatable bonds is 6. The molecule has 0 aliphatic carbocycles. The lowest BCUT2D eigenvalue weighted by Gasteiger charge is -2.35. The maximum absolute atomic E-state index is 10.9. The minimum Gasteiger partial charge on any atom is -0.387 e. The fourth-order valence-electron chi connectivity index (χ4n) is 2.81. The van der Waals surface area contributed by atoms with E-state index in [1.54, 1.807) is 0 Å². The highest BCUT2D eigenvalue weighted by molar-refractivity contribution is 5.31. The van der Waals surface area contributed by atoms with Gasteiger partial charge in [0.05, 0.1) is 6.10 Å². The molecule has 0 heterocycles. The Morgan fingerprint density at radius 2 is 1.50 bits per heavy atom. The molecule has 0 radical (unpaired) electrons. The highest BCUT2D eigenvalue weighted by Crippen LogP contribution is 2.41. The van der Waals surface area contributed by atoms with Gasteiger partial charge in [-0.05, 0) is 17.5 Å². The third kappa shape index (κ3) is 3.10. The second-order valence-electron chi connectivity index (χ2n) is 5.70. The Morgan fingerprint density at radius 1 is 0.950 bits per heavy atom. The molecule has 0 spiro atoms. The fraction of sp³-hybridized carbons (Fsp3) is 0.368. The standard InChI is InChI=1S/C19H24O/c1-3-4-15-19(2,17-13-9-6-10-14-17)18(20)16-11-7-5-8-12-16/h5-14,18,20H,3-4,15H2,1-2H3/t18?,19-/m0/s1. The summed E-state index contributed by atoms with van der Waals surface area (Å²) in [5.74, 6) is 0. The molecule has 0 amide bonds. The van der Waals surface area contributed by atoms with E-state index >= 15 is 0 Å². The van der Waals surface area contributed by atoms with Crippen molar-refractivity contribution in [3.63, 3.8) is 0 Å². The third-order valence-electron chi connectivity index (χ3n) is 4.20. The van der Waals surface area contributed by atoms with Crippen molar-refractivity contribution in [1.29, 1.82) is 0 Å². The van der Waals surface area contributed by atoms with Gasteiger partial charge in [0.15, 0.2) is 0 Å². The molecular weight excluding hydrogens is 244 g/mol. The Kier molecular flexibility index (Phi) is 4.97. The van der Waals surface area contributed by atoms with Crippen LogP contribution in [0.3, 0.4) is 0 Å². The summed E-state index contributed by atoms with van der Waals surface area (Å²) >= 11 is 0. The summed E-state index contributed by atoms with van der Waals surface area (Å²) in [6, 6.07) is 20.4. The summed E-state index contributed by atoms with van der Waals surface area (Å²) in [5, 5.41) is 10.9. The first-order valence-electron chi connectivity index (χ1n) is 7.47. The van der Waals surface area contributed by atoms with Gasteiger partial charge in [0, 0.05) is 5.41 Å². The highest BCUT2D eigenvalue weighted by Gasteiger charge is 2.35. The molecule has 1 N–H and O–H groups in total. The molecule has 0 aliphatic rings. The molecule has 2 aromatic rings. The van der Waals surface area contributed by atoms with Gasteiger partial charge in [-0.3, -0.25) is 0 Å². The minimum atomic E-state index is -0.474. The zero-order chi connectivity index (χ0) is 14.4. The van der Waals surface area contributed by atoms with E-state index in [2.05, 4.69) is 38.1 Å². The molecule has 106 valence electrons. The van der Waals surface area contributed by atoms with Crippen LogP contribution in [0.15, 0.2) is 60.7 Å². The van der Waals surface area contributed by atoms with Crippen molar-refractivity contribution >= 4 is 0 Å². The van der Waals surface area contributed by atoms with Gasteiger partial charge >= 0.3 is 0 Å². The summed E-state index contributed by atoms with van der Waals surface area (Å²) in [6.07, 6.45) is 2.78. The van der Waals surface area contributed by atoms with Crippen LogP contribution < -0.4 is 0 Å². The SMILES string of the molecule is CCCC[C@@](C)(c1ccccc1)C(O)c1ccccc1. The molecule has 0 saturated heterocycles.